The summed E-state index contributed by atoms with van der Waals surface area (Å²) in [6.45, 7) is 4.46. The van der Waals surface area contributed by atoms with E-state index in [9.17, 15) is 4.79 Å². The molecule has 0 aromatic carbocycles. The van der Waals surface area contributed by atoms with Crippen molar-refractivity contribution in [1.29, 1.82) is 0 Å². The molecule has 0 saturated carbocycles. The molecule has 0 spiro atoms. The highest BCUT2D eigenvalue weighted by molar-refractivity contribution is 6.34. The van der Waals surface area contributed by atoms with Gasteiger partial charge in [0.2, 0.25) is 5.78 Å². The molecule has 4 nitrogen and oxygen atoms in total. The van der Waals surface area contributed by atoms with Crippen LogP contribution >= 0.6 is 11.6 Å². The first-order valence-corrected chi connectivity index (χ1v) is 5.89. The molecule has 0 unspecified atom stereocenters. The van der Waals surface area contributed by atoms with E-state index in [2.05, 4.69) is 5.10 Å². The standard InChI is InChI=1S/C12H13ClN2O2/c1-3-10-8(5-6-17-10)12(16)11-9(13)7-14-15(11)4-2/h5-7H,3-4H2,1-2H3. The number of furan rings is 1. The highest BCUT2D eigenvalue weighted by Crippen LogP contribution is 2.22. The maximum Gasteiger partial charge on any atom is 0.216 e. The summed E-state index contributed by atoms with van der Waals surface area (Å²) >= 11 is 6.00. The molecule has 0 amide bonds. The van der Waals surface area contributed by atoms with Crippen molar-refractivity contribution in [2.45, 2.75) is 26.8 Å². The van der Waals surface area contributed by atoms with E-state index in [1.165, 1.54) is 12.5 Å². The van der Waals surface area contributed by atoms with Gasteiger partial charge in [-0.05, 0) is 13.0 Å². The molecule has 2 rings (SSSR count). The Morgan fingerprint density at radius 1 is 1.53 bits per heavy atom. The maximum atomic E-state index is 12.3. The second-order valence-corrected chi connectivity index (χ2v) is 4.00. The molecule has 0 aliphatic rings. The zero-order chi connectivity index (χ0) is 12.4. The lowest BCUT2D eigenvalue weighted by molar-refractivity contribution is 0.102. The molecule has 90 valence electrons. The van der Waals surface area contributed by atoms with Gasteiger partial charge in [-0.25, -0.2) is 0 Å². The quantitative estimate of drug-likeness (QED) is 0.786. The molecule has 0 radical (unpaired) electrons. The molecule has 0 fully saturated rings. The second kappa shape index (κ2) is 4.75. The van der Waals surface area contributed by atoms with Crippen molar-refractivity contribution in [3.63, 3.8) is 0 Å². The molecule has 0 atom stereocenters. The van der Waals surface area contributed by atoms with Gasteiger partial charge in [0.15, 0.2) is 0 Å². The Hall–Kier alpha value is -1.55. The third kappa shape index (κ3) is 2.00. The first-order valence-electron chi connectivity index (χ1n) is 5.51. The summed E-state index contributed by atoms with van der Waals surface area (Å²) in [4.78, 5) is 12.3. The summed E-state index contributed by atoms with van der Waals surface area (Å²) in [5, 5.41) is 4.43. The van der Waals surface area contributed by atoms with Crippen LogP contribution in [0.1, 0.15) is 35.7 Å². The highest BCUT2D eigenvalue weighted by atomic mass is 35.5. The van der Waals surface area contributed by atoms with Crippen LogP contribution in [0.5, 0.6) is 0 Å². The van der Waals surface area contributed by atoms with Crippen LogP contribution in [0, 0.1) is 0 Å². The molecule has 2 heterocycles. The fourth-order valence-corrected chi connectivity index (χ4v) is 2.00. The number of hydrogen-bond donors (Lipinski definition) is 0. The number of hydrogen-bond acceptors (Lipinski definition) is 3. The summed E-state index contributed by atoms with van der Waals surface area (Å²) in [6.07, 6.45) is 3.68. The Balaban J connectivity index is 2.47. The number of carbonyl (C=O) groups is 1. The van der Waals surface area contributed by atoms with Gasteiger partial charge in [-0.3, -0.25) is 9.48 Å². The maximum absolute atomic E-state index is 12.3. The van der Waals surface area contributed by atoms with Crippen LogP contribution in [0.2, 0.25) is 5.02 Å². The Morgan fingerprint density at radius 3 is 2.94 bits per heavy atom. The Kier molecular flexibility index (Phi) is 3.33. The van der Waals surface area contributed by atoms with Crippen molar-refractivity contribution in [2.24, 2.45) is 0 Å². The minimum atomic E-state index is -0.139. The van der Waals surface area contributed by atoms with Crippen molar-refractivity contribution in [2.75, 3.05) is 0 Å². The van der Waals surface area contributed by atoms with Gasteiger partial charge < -0.3 is 4.42 Å². The molecule has 0 aliphatic carbocycles. The van der Waals surface area contributed by atoms with E-state index >= 15 is 0 Å². The number of halogens is 1. The number of carbonyl (C=O) groups excluding carboxylic acids is 1. The average molecular weight is 253 g/mol. The number of rotatable bonds is 4. The van der Waals surface area contributed by atoms with Crippen molar-refractivity contribution in [3.8, 4) is 0 Å². The molecule has 2 aromatic heterocycles. The monoisotopic (exact) mass is 252 g/mol. The molecular weight excluding hydrogens is 240 g/mol. The summed E-state index contributed by atoms with van der Waals surface area (Å²) in [5.74, 6) is 0.537. The van der Waals surface area contributed by atoms with Crippen molar-refractivity contribution in [1.82, 2.24) is 9.78 Å². The van der Waals surface area contributed by atoms with Gasteiger partial charge in [0.1, 0.15) is 11.5 Å². The third-order valence-corrected chi connectivity index (χ3v) is 2.90. The molecule has 0 aliphatic heterocycles. The summed E-state index contributed by atoms with van der Waals surface area (Å²) in [6, 6.07) is 1.67. The second-order valence-electron chi connectivity index (χ2n) is 3.60. The largest absolute Gasteiger partial charge is 0.469 e. The number of aromatic nitrogens is 2. The van der Waals surface area contributed by atoms with Crippen LogP contribution in [0.3, 0.4) is 0 Å². The molecule has 17 heavy (non-hydrogen) atoms. The van der Waals surface area contributed by atoms with Crippen molar-refractivity contribution >= 4 is 17.4 Å². The van der Waals surface area contributed by atoms with Crippen LogP contribution in [0.15, 0.2) is 22.9 Å². The number of ketones is 1. The zero-order valence-corrected chi connectivity index (χ0v) is 10.5. The van der Waals surface area contributed by atoms with Gasteiger partial charge in [0.25, 0.3) is 0 Å². The van der Waals surface area contributed by atoms with E-state index in [-0.39, 0.29) is 5.78 Å². The van der Waals surface area contributed by atoms with Crippen LogP contribution in [0.25, 0.3) is 0 Å². The Bertz CT molecular complexity index is 542. The van der Waals surface area contributed by atoms with Gasteiger partial charge in [-0.1, -0.05) is 18.5 Å². The van der Waals surface area contributed by atoms with Gasteiger partial charge >= 0.3 is 0 Å². The van der Waals surface area contributed by atoms with E-state index in [0.29, 0.717) is 35.0 Å². The Morgan fingerprint density at radius 2 is 2.29 bits per heavy atom. The lowest BCUT2D eigenvalue weighted by Crippen LogP contribution is -2.11. The summed E-state index contributed by atoms with van der Waals surface area (Å²) < 4.78 is 6.85. The fraction of sp³-hybridized carbons (Fsp3) is 0.333. The molecular formula is C12H13ClN2O2. The summed E-state index contributed by atoms with van der Waals surface area (Å²) in [7, 11) is 0. The molecule has 5 heteroatoms. The third-order valence-electron chi connectivity index (χ3n) is 2.62. The molecule has 0 saturated heterocycles. The predicted octanol–water partition coefficient (Wildman–Crippen LogP) is 2.94. The van der Waals surface area contributed by atoms with Crippen LogP contribution in [-0.2, 0) is 13.0 Å². The van der Waals surface area contributed by atoms with Crippen molar-refractivity contribution in [3.05, 3.63) is 40.6 Å². The smallest absolute Gasteiger partial charge is 0.216 e. The Labute approximate surface area is 104 Å². The lowest BCUT2D eigenvalue weighted by atomic mass is 10.1. The normalized spacial score (nSPS) is 10.8. The predicted molar refractivity (Wildman–Crippen MR) is 64.4 cm³/mol. The zero-order valence-electron chi connectivity index (χ0n) is 9.74. The van der Waals surface area contributed by atoms with Crippen LogP contribution in [0.4, 0.5) is 0 Å². The van der Waals surface area contributed by atoms with Crippen LogP contribution < -0.4 is 0 Å². The van der Waals surface area contributed by atoms with Crippen LogP contribution in [-0.4, -0.2) is 15.6 Å². The van der Waals surface area contributed by atoms with E-state index in [0.717, 1.165) is 0 Å². The summed E-state index contributed by atoms with van der Waals surface area (Å²) in [5.41, 5.74) is 0.981. The van der Waals surface area contributed by atoms with Crippen molar-refractivity contribution < 1.29 is 9.21 Å². The molecule has 0 bridgehead atoms. The highest BCUT2D eigenvalue weighted by Gasteiger charge is 2.22. The van der Waals surface area contributed by atoms with E-state index in [1.807, 2.05) is 13.8 Å². The van der Waals surface area contributed by atoms with E-state index < -0.39 is 0 Å². The first-order chi connectivity index (χ1) is 8.19. The average Bonchev–Trinajstić information content (AvgIpc) is 2.93. The number of aryl methyl sites for hydroxylation is 2. The van der Waals surface area contributed by atoms with Gasteiger partial charge in [0, 0.05) is 13.0 Å². The number of nitrogens with zero attached hydrogens (tertiary/aromatic N) is 2. The van der Waals surface area contributed by atoms with E-state index in [1.54, 1.807) is 10.7 Å². The minimum Gasteiger partial charge on any atom is -0.469 e. The fourth-order valence-electron chi connectivity index (χ4n) is 1.77. The topological polar surface area (TPSA) is 48.0 Å². The minimum absolute atomic E-state index is 0.139. The molecule has 2 aromatic rings. The van der Waals surface area contributed by atoms with Gasteiger partial charge in [-0.2, -0.15) is 5.10 Å². The van der Waals surface area contributed by atoms with Gasteiger partial charge in [-0.15, -0.1) is 0 Å². The first kappa shape index (κ1) is 11.9. The van der Waals surface area contributed by atoms with Gasteiger partial charge in [0.05, 0.1) is 23.0 Å². The SMILES string of the molecule is CCc1occc1C(=O)c1c(Cl)cnn1CC. The molecule has 0 N–H and O–H groups in total. The lowest BCUT2D eigenvalue weighted by Gasteiger charge is -2.04. The van der Waals surface area contributed by atoms with E-state index in [4.69, 9.17) is 16.0 Å².